The second-order valence-corrected chi connectivity index (χ2v) is 10.4. The Bertz CT molecular complexity index is 1320. The Labute approximate surface area is 243 Å². The van der Waals surface area contributed by atoms with Gasteiger partial charge in [-0.1, -0.05) is 62.7 Å². The number of ether oxygens (including phenoxy) is 1. The molecule has 0 spiro atoms. The van der Waals surface area contributed by atoms with Gasteiger partial charge in [-0.25, -0.2) is 5.01 Å². The fourth-order valence-corrected chi connectivity index (χ4v) is 3.80. The second kappa shape index (κ2) is 14.7. The largest absolute Gasteiger partial charge is 0.465 e. The van der Waals surface area contributed by atoms with Gasteiger partial charge in [0.25, 0.3) is 17.7 Å². The van der Waals surface area contributed by atoms with Gasteiger partial charge < -0.3 is 21.1 Å². The Hall–Kier alpha value is -4.63. The third-order valence-electron chi connectivity index (χ3n) is 5.72. The highest BCUT2D eigenvalue weighted by atomic mass is 35.5. The maximum atomic E-state index is 13.6. The molecule has 0 unspecified atom stereocenters. The number of nitriles is 1. The van der Waals surface area contributed by atoms with Gasteiger partial charge in [-0.05, 0) is 36.1 Å². The summed E-state index contributed by atoms with van der Waals surface area (Å²) in [5, 5.41) is 15.1. The highest BCUT2D eigenvalue weighted by Gasteiger charge is 2.36. The van der Waals surface area contributed by atoms with E-state index >= 15 is 0 Å². The first-order valence-corrected chi connectivity index (χ1v) is 13.0. The van der Waals surface area contributed by atoms with Crippen LogP contribution in [0.5, 0.6) is 0 Å². The van der Waals surface area contributed by atoms with Crippen LogP contribution in [0.3, 0.4) is 0 Å². The third-order valence-corrected chi connectivity index (χ3v) is 6.04. The number of halogens is 1. The van der Waals surface area contributed by atoms with Gasteiger partial charge in [-0.15, -0.1) is 0 Å². The average molecular weight is 585 g/mol. The molecule has 0 fully saturated rings. The van der Waals surface area contributed by atoms with Gasteiger partial charge in [0.05, 0.1) is 23.4 Å². The van der Waals surface area contributed by atoms with Gasteiger partial charge >= 0.3 is 5.97 Å². The number of nitrogen functional groups attached to an aromatic ring is 1. The number of anilines is 1. The van der Waals surface area contributed by atoms with E-state index in [1.54, 1.807) is 64.1 Å². The first kappa shape index (κ1) is 32.6. The average Bonchev–Trinajstić information content (AvgIpc) is 2.91. The van der Waals surface area contributed by atoms with E-state index in [-0.39, 0.29) is 22.9 Å². The number of hydrazine groups is 1. The highest BCUT2D eigenvalue weighted by molar-refractivity contribution is 6.33. The van der Waals surface area contributed by atoms with Crippen molar-refractivity contribution in [3.05, 3.63) is 64.7 Å². The lowest BCUT2D eigenvalue weighted by molar-refractivity contribution is -0.153. The molecule has 13 heteroatoms. The Balaban J connectivity index is 2.36. The molecule has 0 saturated carbocycles. The van der Waals surface area contributed by atoms with Gasteiger partial charge in [0.15, 0.2) is 0 Å². The first-order valence-electron chi connectivity index (χ1n) is 12.6. The molecule has 0 aliphatic heterocycles. The molecule has 0 radical (unpaired) electrons. The predicted molar refractivity (Wildman–Crippen MR) is 151 cm³/mol. The minimum atomic E-state index is -1.35. The summed E-state index contributed by atoms with van der Waals surface area (Å²) < 4.78 is 4.86. The maximum Gasteiger partial charge on any atom is 0.327 e. The van der Waals surface area contributed by atoms with E-state index in [0.29, 0.717) is 10.6 Å². The van der Waals surface area contributed by atoms with Gasteiger partial charge in [0.2, 0.25) is 5.91 Å². The van der Waals surface area contributed by atoms with Crippen molar-refractivity contribution >= 4 is 46.9 Å². The molecule has 5 N–H and O–H groups in total. The summed E-state index contributed by atoms with van der Waals surface area (Å²) in [6.45, 7) is 6.15. The number of nitrogens with two attached hydrogens (primary N) is 1. The zero-order chi connectivity index (χ0) is 30.7. The number of rotatable bonds is 10. The van der Waals surface area contributed by atoms with Crippen LogP contribution < -0.4 is 21.8 Å². The molecule has 4 amide bonds. The number of esters is 1. The van der Waals surface area contributed by atoms with E-state index in [0.717, 1.165) is 0 Å². The molecule has 0 aliphatic rings. The normalized spacial score (nSPS) is 12.2. The zero-order valence-corrected chi connectivity index (χ0v) is 23.9. The molecule has 2 rings (SSSR count). The predicted octanol–water partition coefficient (Wildman–Crippen LogP) is 2.26. The number of carbonyl (C=O) groups excluding carboxylic acids is 5. The Morgan fingerprint density at radius 1 is 1.05 bits per heavy atom. The molecule has 0 saturated heterocycles. The van der Waals surface area contributed by atoms with Crippen molar-refractivity contribution in [2.45, 2.75) is 46.2 Å². The molecule has 0 heterocycles. The van der Waals surface area contributed by atoms with Crippen molar-refractivity contribution < 1.29 is 28.7 Å². The molecule has 12 nitrogen and oxygen atoms in total. The summed E-state index contributed by atoms with van der Waals surface area (Å²) in [4.78, 5) is 64.6. The van der Waals surface area contributed by atoms with E-state index in [9.17, 15) is 24.0 Å². The van der Waals surface area contributed by atoms with E-state index in [4.69, 9.17) is 27.3 Å². The topological polar surface area (TPSA) is 184 Å². The monoisotopic (exact) mass is 584 g/mol. The van der Waals surface area contributed by atoms with Gasteiger partial charge in [-0.2, -0.15) is 5.26 Å². The first-order chi connectivity index (χ1) is 19.3. The second-order valence-electron chi connectivity index (χ2n) is 9.96. The van der Waals surface area contributed by atoms with E-state index in [1.165, 1.54) is 18.2 Å². The van der Waals surface area contributed by atoms with Crippen molar-refractivity contribution in [1.82, 2.24) is 21.1 Å². The van der Waals surface area contributed by atoms with Crippen molar-refractivity contribution in [3.63, 3.8) is 0 Å². The van der Waals surface area contributed by atoms with Crippen LogP contribution in [0.1, 0.15) is 56.1 Å². The Morgan fingerprint density at radius 3 is 2.27 bits per heavy atom. The van der Waals surface area contributed by atoms with Crippen LogP contribution in [0.25, 0.3) is 0 Å². The van der Waals surface area contributed by atoms with Crippen molar-refractivity contribution in [2.75, 3.05) is 18.9 Å². The van der Waals surface area contributed by atoms with Crippen LogP contribution in [-0.4, -0.2) is 53.8 Å². The van der Waals surface area contributed by atoms with Crippen LogP contribution in [0, 0.1) is 16.7 Å². The number of hydrogen-bond acceptors (Lipinski definition) is 8. The lowest BCUT2D eigenvalue weighted by Gasteiger charge is -2.32. The number of benzene rings is 2. The van der Waals surface area contributed by atoms with Gasteiger partial charge in [0.1, 0.15) is 25.0 Å². The maximum absolute atomic E-state index is 13.6. The lowest BCUT2D eigenvalue weighted by Crippen LogP contribution is -2.57. The number of carbonyl (C=O) groups is 5. The lowest BCUT2D eigenvalue weighted by atomic mass is 9.85. The quantitative estimate of drug-likeness (QED) is 0.186. The fourth-order valence-electron chi connectivity index (χ4n) is 3.62. The van der Waals surface area contributed by atoms with Crippen molar-refractivity contribution in [1.29, 1.82) is 5.26 Å². The number of hydrogen-bond donors (Lipinski definition) is 4. The van der Waals surface area contributed by atoms with E-state index < -0.39 is 60.1 Å². The van der Waals surface area contributed by atoms with E-state index in [2.05, 4.69) is 16.1 Å². The minimum Gasteiger partial charge on any atom is -0.465 e. The Kier molecular flexibility index (Phi) is 11.7. The summed E-state index contributed by atoms with van der Waals surface area (Å²) in [7, 11) is 0. The third kappa shape index (κ3) is 9.51. The van der Waals surface area contributed by atoms with Crippen LogP contribution in [0.15, 0.2) is 48.5 Å². The molecule has 2 aromatic carbocycles. The number of amides is 4. The molecule has 0 aliphatic carbocycles. The molecule has 0 bridgehead atoms. The smallest absolute Gasteiger partial charge is 0.327 e. The summed E-state index contributed by atoms with van der Waals surface area (Å²) in [6, 6.07) is 11.7. The summed E-state index contributed by atoms with van der Waals surface area (Å²) >= 11 is 6.05. The molecule has 41 heavy (non-hydrogen) atoms. The molecule has 2 atom stereocenters. The van der Waals surface area contributed by atoms with Gasteiger partial charge in [-0.3, -0.25) is 29.4 Å². The van der Waals surface area contributed by atoms with Crippen molar-refractivity contribution in [2.24, 2.45) is 5.41 Å². The van der Waals surface area contributed by atoms with E-state index in [1.807, 2.05) is 0 Å². The standard InChI is InChI=1S/C28H33ClN6O6/c1-5-41-22(37)16-35(21(36)13-14-30)34-26(39)23(17-9-7-6-8-10-17)32-27(40)24(28(2,3)4)33-25(38)18-11-12-20(31)19(29)15-18/h6-12,15,23-24H,5,13,16,31H2,1-4H3,(H,32,40)(H,33,38)(H,34,39)/t23-,24+/m0/s1. The molecule has 218 valence electrons. The Morgan fingerprint density at radius 2 is 1.71 bits per heavy atom. The van der Waals surface area contributed by atoms with Crippen LogP contribution in [0.4, 0.5) is 5.69 Å². The molecular formula is C28H33ClN6O6. The van der Waals surface area contributed by atoms with Gasteiger partial charge in [0, 0.05) is 5.56 Å². The van der Waals surface area contributed by atoms with Crippen LogP contribution >= 0.6 is 11.6 Å². The van der Waals surface area contributed by atoms with Crippen LogP contribution in [-0.2, 0) is 23.9 Å². The minimum absolute atomic E-state index is 0.0399. The summed E-state index contributed by atoms with van der Waals surface area (Å²) in [6.07, 6.45) is -0.616. The number of nitrogens with one attached hydrogen (secondary N) is 3. The summed E-state index contributed by atoms with van der Waals surface area (Å²) in [5.74, 6) is -3.82. The SMILES string of the molecule is CCOC(=O)CN(NC(=O)[C@@H](NC(=O)[C@@H](NC(=O)c1ccc(N)c(Cl)c1)C(C)(C)C)c1ccccc1)C(=O)CC#N. The fraction of sp³-hybridized carbons (Fsp3) is 0.357. The zero-order valence-electron chi connectivity index (χ0n) is 23.2. The van der Waals surface area contributed by atoms with Crippen LogP contribution in [0.2, 0.25) is 5.02 Å². The number of nitrogens with zero attached hydrogens (tertiary/aromatic N) is 2. The molecule has 0 aromatic heterocycles. The van der Waals surface area contributed by atoms with Crippen molar-refractivity contribution in [3.8, 4) is 6.07 Å². The molecule has 2 aromatic rings. The highest BCUT2D eigenvalue weighted by Crippen LogP contribution is 2.24. The molecular weight excluding hydrogens is 552 g/mol. The summed E-state index contributed by atoms with van der Waals surface area (Å²) in [5.41, 5.74) is 8.04.